The first kappa shape index (κ1) is 10.5. The average molecular weight is 248 g/mol. The Balaban J connectivity index is 1.97. The van der Waals surface area contributed by atoms with E-state index in [1.54, 1.807) is 4.90 Å². The SMILES string of the molecule is C[C@H]1NC(=S)N([C@H]2COc3ccccc32)C1=O. The number of carbonyl (C=O) groups excluding carboxylic acids is 1. The molecule has 4 nitrogen and oxygen atoms in total. The summed E-state index contributed by atoms with van der Waals surface area (Å²) in [5, 5.41) is 3.47. The topological polar surface area (TPSA) is 41.6 Å². The zero-order valence-electron chi connectivity index (χ0n) is 9.34. The molecule has 2 aliphatic rings. The van der Waals surface area contributed by atoms with Crippen LogP contribution in [-0.4, -0.2) is 28.6 Å². The molecule has 0 unspecified atom stereocenters. The molecule has 0 radical (unpaired) electrons. The third kappa shape index (κ3) is 1.50. The maximum absolute atomic E-state index is 12.0. The van der Waals surface area contributed by atoms with Gasteiger partial charge in [-0.05, 0) is 25.2 Å². The maximum atomic E-state index is 12.0. The van der Waals surface area contributed by atoms with Crippen LogP contribution in [0.1, 0.15) is 18.5 Å². The highest BCUT2D eigenvalue weighted by Crippen LogP contribution is 2.37. The van der Waals surface area contributed by atoms with Crippen molar-refractivity contribution in [2.24, 2.45) is 0 Å². The summed E-state index contributed by atoms with van der Waals surface area (Å²) in [6.07, 6.45) is 0. The normalized spacial score (nSPS) is 26.8. The fourth-order valence-corrected chi connectivity index (χ4v) is 2.67. The van der Waals surface area contributed by atoms with E-state index >= 15 is 0 Å². The number of ether oxygens (including phenoxy) is 1. The van der Waals surface area contributed by atoms with Gasteiger partial charge in [0.15, 0.2) is 5.11 Å². The van der Waals surface area contributed by atoms with E-state index in [4.69, 9.17) is 17.0 Å². The average Bonchev–Trinajstić information content (AvgIpc) is 2.82. The van der Waals surface area contributed by atoms with Crippen molar-refractivity contribution in [1.29, 1.82) is 0 Å². The smallest absolute Gasteiger partial charge is 0.251 e. The Morgan fingerprint density at radius 1 is 1.47 bits per heavy atom. The zero-order chi connectivity index (χ0) is 12.0. The van der Waals surface area contributed by atoms with Gasteiger partial charge >= 0.3 is 0 Å². The summed E-state index contributed by atoms with van der Waals surface area (Å²) >= 11 is 5.20. The molecule has 0 spiro atoms. The fraction of sp³-hybridized carbons (Fsp3) is 0.333. The third-order valence-corrected chi connectivity index (χ3v) is 3.47. The van der Waals surface area contributed by atoms with Gasteiger partial charge in [-0.1, -0.05) is 18.2 Å². The number of rotatable bonds is 1. The second-order valence-electron chi connectivity index (χ2n) is 4.24. The largest absolute Gasteiger partial charge is 0.491 e. The molecule has 1 N–H and O–H groups in total. The van der Waals surface area contributed by atoms with Crippen LogP contribution in [0.2, 0.25) is 0 Å². The molecule has 0 aliphatic carbocycles. The van der Waals surface area contributed by atoms with Gasteiger partial charge in [0, 0.05) is 5.56 Å². The minimum atomic E-state index is -0.240. The molecule has 1 fully saturated rings. The molecule has 5 heteroatoms. The monoisotopic (exact) mass is 248 g/mol. The van der Waals surface area contributed by atoms with Crippen LogP contribution < -0.4 is 10.1 Å². The minimum Gasteiger partial charge on any atom is -0.491 e. The van der Waals surface area contributed by atoms with Gasteiger partial charge < -0.3 is 10.1 Å². The number of benzene rings is 1. The summed E-state index contributed by atoms with van der Waals surface area (Å²) in [4.78, 5) is 13.7. The fourth-order valence-electron chi connectivity index (χ4n) is 2.28. The van der Waals surface area contributed by atoms with Crippen molar-refractivity contribution < 1.29 is 9.53 Å². The van der Waals surface area contributed by atoms with Crippen LogP contribution in [0.4, 0.5) is 0 Å². The Morgan fingerprint density at radius 3 is 2.94 bits per heavy atom. The Bertz CT molecular complexity index is 503. The van der Waals surface area contributed by atoms with Gasteiger partial charge in [0.2, 0.25) is 0 Å². The number of nitrogens with one attached hydrogen (secondary N) is 1. The van der Waals surface area contributed by atoms with Crippen molar-refractivity contribution in [3.05, 3.63) is 29.8 Å². The molecular formula is C12H12N2O2S. The summed E-state index contributed by atoms with van der Waals surface area (Å²) in [5.74, 6) is 0.855. The number of para-hydroxylation sites is 1. The van der Waals surface area contributed by atoms with Crippen LogP contribution >= 0.6 is 12.2 Å². The Hall–Kier alpha value is -1.62. The van der Waals surface area contributed by atoms with Crippen LogP contribution in [0, 0.1) is 0 Å². The van der Waals surface area contributed by atoms with Crippen LogP contribution in [0.5, 0.6) is 5.75 Å². The minimum absolute atomic E-state index is 0.0142. The summed E-state index contributed by atoms with van der Waals surface area (Å²) in [6.45, 7) is 2.29. The Labute approximate surface area is 105 Å². The highest BCUT2D eigenvalue weighted by Gasteiger charge is 2.41. The van der Waals surface area contributed by atoms with E-state index in [0.717, 1.165) is 11.3 Å². The number of carbonyl (C=O) groups is 1. The second-order valence-corrected chi connectivity index (χ2v) is 4.63. The predicted octanol–water partition coefficient (Wildman–Crippen LogP) is 1.23. The van der Waals surface area contributed by atoms with E-state index in [1.165, 1.54) is 0 Å². The highest BCUT2D eigenvalue weighted by molar-refractivity contribution is 7.80. The van der Waals surface area contributed by atoms with Crippen LogP contribution in [0.25, 0.3) is 0 Å². The lowest BCUT2D eigenvalue weighted by Gasteiger charge is -2.21. The van der Waals surface area contributed by atoms with E-state index in [-0.39, 0.29) is 18.0 Å². The van der Waals surface area contributed by atoms with Gasteiger partial charge in [-0.3, -0.25) is 9.69 Å². The first-order valence-electron chi connectivity index (χ1n) is 5.54. The van der Waals surface area contributed by atoms with Gasteiger partial charge in [0.25, 0.3) is 5.91 Å². The number of fused-ring (bicyclic) bond motifs is 1. The number of hydrogen-bond donors (Lipinski definition) is 1. The summed E-state index contributed by atoms with van der Waals surface area (Å²) in [7, 11) is 0. The molecule has 2 aliphatic heterocycles. The Morgan fingerprint density at radius 2 is 2.24 bits per heavy atom. The molecule has 1 aromatic rings. The zero-order valence-corrected chi connectivity index (χ0v) is 10.2. The number of hydrogen-bond acceptors (Lipinski definition) is 3. The van der Waals surface area contributed by atoms with E-state index in [1.807, 2.05) is 31.2 Å². The molecule has 88 valence electrons. The van der Waals surface area contributed by atoms with Crippen molar-refractivity contribution in [2.75, 3.05) is 6.61 Å². The van der Waals surface area contributed by atoms with Crippen molar-refractivity contribution in [2.45, 2.75) is 19.0 Å². The van der Waals surface area contributed by atoms with Crippen molar-refractivity contribution >= 4 is 23.2 Å². The molecule has 1 saturated heterocycles. The van der Waals surface area contributed by atoms with Crippen LogP contribution in [0.15, 0.2) is 24.3 Å². The molecule has 3 rings (SSSR count). The number of thiocarbonyl (C=S) groups is 1. The standard InChI is InChI=1S/C12H12N2O2S/c1-7-11(15)14(12(17)13-7)9-6-16-10-5-3-2-4-8(9)10/h2-5,7,9H,6H2,1H3,(H,13,17)/t7-,9+/m1/s1. The van der Waals surface area contributed by atoms with E-state index in [9.17, 15) is 4.79 Å². The molecule has 0 saturated carbocycles. The summed E-state index contributed by atoms with van der Waals surface area (Å²) < 4.78 is 5.57. The van der Waals surface area contributed by atoms with Gasteiger partial charge in [-0.25, -0.2) is 0 Å². The highest BCUT2D eigenvalue weighted by atomic mass is 32.1. The van der Waals surface area contributed by atoms with Crippen molar-refractivity contribution in [3.63, 3.8) is 0 Å². The number of amides is 1. The Kier molecular flexibility index (Phi) is 2.29. The molecule has 2 atom stereocenters. The van der Waals surface area contributed by atoms with Gasteiger partial charge in [0.1, 0.15) is 24.4 Å². The molecule has 1 aromatic carbocycles. The predicted molar refractivity (Wildman–Crippen MR) is 66.7 cm³/mol. The van der Waals surface area contributed by atoms with E-state index in [0.29, 0.717) is 11.7 Å². The third-order valence-electron chi connectivity index (χ3n) is 3.15. The first-order valence-corrected chi connectivity index (χ1v) is 5.94. The van der Waals surface area contributed by atoms with E-state index < -0.39 is 0 Å². The lowest BCUT2D eigenvalue weighted by molar-refractivity contribution is -0.128. The maximum Gasteiger partial charge on any atom is 0.251 e. The lowest BCUT2D eigenvalue weighted by Crippen LogP contribution is -2.35. The van der Waals surface area contributed by atoms with Crippen molar-refractivity contribution in [3.8, 4) is 5.75 Å². The van der Waals surface area contributed by atoms with E-state index in [2.05, 4.69) is 5.32 Å². The van der Waals surface area contributed by atoms with Gasteiger partial charge in [-0.15, -0.1) is 0 Å². The van der Waals surface area contributed by atoms with Crippen LogP contribution in [0.3, 0.4) is 0 Å². The molecule has 2 heterocycles. The molecular weight excluding hydrogens is 236 g/mol. The van der Waals surface area contributed by atoms with Gasteiger partial charge in [-0.2, -0.15) is 0 Å². The molecule has 17 heavy (non-hydrogen) atoms. The quantitative estimate of drug-likeness (QED) is 0.759. The molecule has 0 aromatic heterocycles. The molecule has 1 amide bonds. The van der Waals surface area contributed by atoms with Crippen molar-refractivity contribution in [1.82, 2.24) is 10.2 Å². The first-order chi connectivity index (χ1) is 8.18. The second kappa shape index (κ2) is 3.70. The number of nitrogens with zero attached hydrogens (tertiary/aromatic N) is 1. The molecule has 0 bridgehead atoms. The summed E-state index contributed by atoms with van der Waals surface area (Å²) in [5.41, 5.74) is 1.03. The summed E-state index contributed by atoms with van der Waals surface area (Å²) in [6, 6.07) is 7.42. The van der Waals surface area contributed by atoms with Gasteiger partial charge in [0.05, 0.1) is 0 Å². The lowest BCUT2D eigenvalue weighted by atomic mass is 10.1. The van der Waals surface area contributed by atoms with Crippen LogP contribution in [-0.2, 0) is 4.79 Å².